The van der Waals surface area contributed by atoms with Crippen molar-refractivity contribution in [2.45, 2.75) is 6.92 Å². The number of aryl methyl sites for hydroxylation is 1. The van der Waals surface area contributed by atoms with E-state index in [1.807, 2.05) is 11.6 Å². The molecule has 0 heterocycles. The lowest BCUT2D eigenvalue weighted by Gasteiger charge is -2.12. The van der Waals surface area contributed by atoms with E-state index in [1.165, 1.54) is 19.2 Å². The number of ether oxygens (including phenoxy) is 2. The van der Waals surface area contributed by atoms with Crippen LogP contribution in [0.15, 0.2) is 36.4 Å². The van der Waals surface area contributed by atoms with Gasteiger partial charge in [-0.05, 0) is 42.8 Å². The number of hydrogen-bond acceptors (Lipinski definition) is 5. The molecule has 128 valence electrons. The Morgan fingerprint density at radius 2 is 1.75 bits per heavy atom. The lowest BCUT2D eigenvalue weighted by atomic mass is 10.2. The summed E-state index contributed by atoms with van der Waals surface area (Å²) in [4.78, 5) is 12.0. The number of halogens is 1. The molecular weight excluding hydrogens is 354 g/mol. The molecule has 0 saturated heterocycles. The lowest BCUT2D eigenvalue weighted by molar-refractivity contribution is 0.0978. The second kappa shape index (κ2) is 7.11. The van der Waals surface area contributed by atoms with Gasteiger partial charge < -0.3 is 9.47 Å². The summed E-state index contributed by atoms with van der Waals surface area (Å²) in [6.07, 6.45) is 0.901. The normalized spacial score (nSPS) is 11.0. The summed E-state index contributed by atoms with van der Waals surface area (Å²) in [6, 6.07) is 9.69. The van der Waals surface area contributed by atoms with Crippen molar-refractivity contribution < 1.29 is 22.7 Å². The molecule has 0 unspecified atom stereocenters. The third-order valence-electron chi connectivity index (χ3n) is 3.06. The maximum Gasteiger partial charge on any atom is 0.268 e. The predicted octanol–water partition coefficient (Wildman–Crippen LogP) is 3.14. The lowest BCUT2D eigenvalue weighted by Crippen LogP contribution is -2.29. The Hall–Kier alpha value is -2.25. The molecule has 0 spiro atoms. The van der Waals surface area contributed by atoms with E-state index >= 15 is 0 Å². The van der Waals surface area contributed by atoms with Crippen molar-refractivity contribution in [2.75, 3.05) is 13.4 Å². The molecule has 1 amide bonds. The predicted molar refractivity (Wildman–Crippen MR) is 91.6 cm³/mol. The summed E-state index contributed by atoms with van der Waals surface area (Å²) in [7, 11) is -2.29. The van der Waals surface area contributed by atoms with Crippen LogP contribution in [0.3, 0.4) is 0 Å². The zero-order chi connectivity index (χ0) is 17.9. The van der Waals surface area contributed by atoms with E-state index in [0.717, 1.165) is 11.8 Å². The largest absolute Gasteiger partial charge is 0.496 e. The summed E-state index contributed by atoms with van der Waals surface area (Å²) >= 11 is 5.97. The van der Waals surface area contributed by atoms with Crippen molar-refractivity contribution >= 4 is 27.5 Å². The Labute approximate surface area is 145 Å². The van der Waals surface area contributed by atoms with Gasteiger partial charge in [-0.25, -0.2) is 13.1 Å². The van der Waals surface area contributed by atoms with E-state index in [2.05, 4.69) is 0 Å². The zero-order valence-electron chi connectivity index (χ0n) is 13.3. The highest BCUT2D eigenvalue weighted by Crippen LogP contribution is 2.30. The first-order valence-electron chi connectivity index (χ1n) is 6.84. The number of hydrogen-bond donors (Lipinski definition) is 1. The molecule has 0 fully saturated rings. The molecule has 24 heavy (non-hydrogen) atoms. The average molecular weight is 370 g/mol. The topological polar surface area (TPSA) is 81.7 Å². The first-order chi connectivity index (χ1) is 11.2. The van der Waals surface area contributed by atoms with Gasteiger partial charge in [0.2, 0.25) is 10.0 Å². The first-order valence-corrected chi connectivity index (χ1v) is 9.10. The molecule has 1 N–H and O–H groups in total. The van der Waals surface area contributed by atoms with Crippen LogP contribution in [0.5, 0.6) is 17.2 Å². The Balaban J connectivity index is 2.28. The molecule has 6 nitrogen and oxygen atoms in total. The molecule has 0 aliphatic heterocycles. The van der Waals surface area contributed by atoms with Gasteiger partial charge in [-0.15, -0.1) is 0 Å². The summed E-state index contributed by atoms with van der Waals surface area (Å²) in [5, 5.41) is 0.632. The van der Waals surface area contributed by atoms with Crippen LogP contribution in [0.1, 0.15) is 15.9 Å². The molecule has 0 bridgehead atoms. The van der Waals surface area contributed by atoms with Crippen molar-refractivity contribution in [3.05, 3.63) is 52.5 Å². The third kappa shape index (κ3) is 4.62. The van der Waals surface area contributed by atoms with Gasteiger partial charge in [0.25, 0.3) is 5.91 Å². The number of methoxy groups -OCH3 is 1. The van der Waals surface area contributed by atoms with Gasteiger partial charge in [-0.3, -0.25) is 4.79 Å². The molecule has 0 saturated carbocycles. The zero-order valence-corrected chi connectivity index (χ0v) is 14.9. The summed E-state index contributed by atoms with van der Waals surface area (Å²) in [5.41, 5.74) is 0.952. The van der Waals surface area contributed by atoms with Gasteiger partial charge in [0.1, 0.15) is 17.2 Å². The van der Waals surface area contributed by atoms with Crippen LogP contribution in [0.25, 0.3) is 0 Å². The fraction of sp³-hybridized carbons (Fsp3) is 0.188. The number of sulfonamides is 1. The van der Waals surface area contributed by atoms with E-state index in [0.29, 0.717) is 16.5 Å². The van der Waals surface area contributed by atoms with Crippen LogP contribution < -0.4 is 14.2 Å². The fourth-order valence-corrected chi connectivity index (χ4v) is 2.53. The standard InChI is InChI=1S/C16H16ClNO5S/c1-10-8-11(5-7-14(10)17)23-12-4-6-13(15(9-12)22-2)16(19)18-24(3,20)21/h4-9H,1-3H3,(H,18,19). The quantitative estimate of drug-likeness (QED) is 0.875. The van der Waals surface area contributed by atoms with Crippen molar-refractivity contribution in [3.8, 4) is 17.2 Å². The number of rotatable bonds is 5. The van der Waals surface area contributed by atoms with Gasteiger partial charge in [-0.2, -0.15) is 0 Å². The monoisotopic (exact) mass is 369 g/mol. The molecule has 2 aromatic carbocycles. The third-order valence-corrected chi connectivity index (χ3v) is 4.04. The minimum absolute atomic E-state index is 0.0857. The molecule has 8 heteroatoms. The van der Waals surface area contributed by atoms with Gasteiger partial charge in [-0.1, -0.05) is 11.6 Å². The van der Waals surface area contributed by atoms with Crippen molar-refractivity contribution in [3.63, 3.8) is 0 Å². The van der Waals surface area contributed by atoms with Crippen molar-refractivity contribution in [1.29, 1.82) is 0 Å². The Morgan fingerprint density at radius 3 is 2.33 bits per heavy atom. The van der Waals surface area contributed by atoms with Crippen molar-refractivity contribution in [2.24, 2.45) is 0 Å². The van der Waals surface area contributed by atoms with E-state index in [-0.39, 0.29) is 11.3 Å². The minimum Gasteiger partial charge on any atom is -0.496 e. The van der Waals surface area contributed by atoms with Crippen LogP contribution in [0.4, 0.5) is 0 Å². The summed E-state index contributed by atoms with van der Waals surface area (Å²) < 4.78 is 35.1. The number of carbonyl (C=O) groups is 1. The molecule has 0 atom stereocenters. The Bertz CT molecular complexity index is 880. The molecule has 0 radical (unpaired) electrons. The SMILES string of the molecule is COc1cc(Oc2ccc(Cl)c(C)c2)ccc1C(=O)NS(C)(=O)=O. The van der Waals surface area contributed by atoms with Crippen LogP contribution in [0.2, 0.25) is 5.02 Å². The molecule has 2 aromatic rings. The minimum atomic E-state index is -3.66. The van der Waals surface area contributed by atoms with Crippen LogP contribution in [0, 0.1) is 6.92 Å². The second-order valence-electron chi connectivity index (χ2n) is 5.08. The maximum atomic E-state index is 12.0. The van der Waals surface area contributed by atoms with E-state index in [9.17, 15) is 13.2 Å². The van der Waals surface area contributed by atoms with E-state index in [4.69, 9.17) is 21.1 Å². The van der Waals surface area contributed by atoms with E-state index in [1.54, 1.807) is 24.3 Å². The number of amides is 1. The van der Waals surface area contributed by atoms with Crippen LogP contribution in [-0.2, 0) is 10.0 Å². The van der Waals surface area contributed by atoms with Gasteiger partial charge in [0.15, 0.2) is 0 Å². The molecule has 0 aliphatic carbocycles. The van der Waals surface area contributed by atoms with Gasteiger partial charge in [0, 0.05) is 11.1 Å². The average Bonchev–Trinajstić information content (AvgIpc) is 2.49. The first kappa shape index (κ1) is 18.1. The number of carbonyl (C=O) groups excluding carboxylic acids is 1. The number of benzene rings is 2. The van der Waals surface area contributed by atoms with Crippen LogP contribution in [-0.4, -0.2) is 27.7 Å². The molecule has 0 aliphatic rings. The van der Waals surface area contributed by atoms with Crippen LogP contribution >= 0.6 is 11.6 Å². The second-order valence-corrected chi connectivity index (χ2v) is 7.23. The highest BCUT2D eigenvalue weighted by Gasteiger charge is 2.17. The van der Waals surface area contributed by atoms with Crippen molar-refractivity contribution in [1.82, 2.24) is 4.72 Å². The smallest absolute Gasteiger partial charge is 0.268 e. The van der Waals surface area contributed by atoms with E-state index < -0.39 is 15.9 Å². The molecular formula is C16H16ClNO5S. The molecule has 0 aromatic heterocycles. The highest BCUT2D eigenvalue weighted by atomic mass is 35.5. The number of nitrogens with one attached hydrogen (secondary N) is 1. The maximum absolute atomic E-state index is 12.0. The fourth-order valence-electron chi connectivity index (χ4n) is 1.96. The highest BCUT2D eigenvalue weighted by molar-refractivity contribution is 7.89. The Kier molecular flexibility index (Phi) is 5.36. The van der Waals surface area contributed by atoms with Gasteiger partial charge >= 0.3 is 0 Å². The summed E-state index contributed by atoms with van der Waals surface area (Å²) in [5.74, 6) is 0.430. The Morgan fingerprint density at radius 1 is 1.12 bits per heavy atom. The summed E-state index contributed by atoms with van der Waals surface area (Å²) in [6.45, 7) is 1.86. The molecule has 2 rings (SSSR count). The van der Waals surface area contributed by atoms with Gasteiger partial charge in [0.05, 0.1) is 18.9 Å².